The Morgan fingerprint density at radius 1 is 1.00 bits per heavy atom. The summed E-state index contributed by atoms with van der Waals surface area (Å²) >= 11 is 0. The number of hydrogen-bond acceptors (Lipinski definition) is 4. The fourth-order valence-corrected chi connectivity index (χ4v) is 2.47. The van der Waals surface area contributed by atoms with Crippen molar-refractivity contribution in [3.05, 3.63) is 54.1 Å². The minimum Gasteiger partial charge on any atom is -0.497 e. The Kier molecular flexibility index (Phi) is 6.86. The average Bonchev–Trinajstić information content (AvgIpc) is 2.61. The lowest BCUT2D eigenvalue weighted by Gasteiger charge is -2.18. The van der Waals surface area contributed by atoms with E-state index < -0.39 is 18.3 Å². The summed E-state index contributed by atoms with van der Waals surface area (Å²) in [7, 11) is 1.53. The summed E-state index contributed by atoms with van der Waals surface area (Å²) in [6, 6.07) is 11.1. The molecule has 0 aliphatic carbocycles. The smallest absolute Gasteiger partial charge is 0.497 e. The molecule has 0 radical (unpaired) electrons. The molecule has 0 fully saturated rings. The van der Waals surface area contributed by atoms with Crippen LogP contribution in [0.4, 0.5) is 18.9 Å². The molecule has 0 aromatic heterocycles. The van der Waals surface area contributed by atoms with Gasteiger partial charge in [0.25, 0.3) is 0 Å². The first-order chi connectivity index (χ1) is 13.2. The number of carbonyl (C=O) groups excluding carboxylic acids is 2. The third-order valence-electron chi connectivity index (χ3n) is 3.66. The van der Waals surface area contributed by atoms with E-state index in [0.29, 0.717) is 17.0 Å². The van der Waals surface area contributed by atoms with Crippen LogP contribution in [0.1, 0.15) is 24.9 Å². The van der Waals surface area contributed by atoms with Crippen LogP contribution in [0.15, 0.2) is 48.5 Å². The average molecular weight is 396 g/mol. The maximum Gasteiger partial charge on any atom is 0.573 e. The molecule has 28 heavy (non-hydrogen) atoms. The van der Waals surface area contributed by atoms with E-state index in [1.165, 1.54) is 26.2 Å². The third-order valence-corrected chi connectivity index (χ3v) is 3.66. The molecule has 0 aliphatic rings. The molecule has 1 unspecified atom stereocenters. The molecule has 6 nitrogen and oxygen atoms in total. The van der Waals surface area contributed by atoms with Crippen LogP contribution in [-0.4, -0.2) is 25.3 Å². The molecule has 9 heteroatoms. The molecule has 2 amide bonds. The molecular weight excluding hydrogens is 377 g/mol. The number of benzene rings is 2. The van der Waals surface area contributed by atoms with Crippen molar-refractivity contribution in [3.63, 3.8) is 0 Å². The van der Waals surface area contributed by atoms with Gasteiger partial charge in [0.2, 0.25) is 11.8 Å². The van der Waals surface area contributed by atoms with Gasteiger partial charge in [-0.05, 0) is 42.0 Å². The third kappa shape index (κ3) is 6.82. The van der Waals surface area contributed by atoms with E-state index in [1.807, 2.05) is 0 Å². The Bertz CT molecular complexity index is 805. The summed E-state index contributed by atoms with van der Waals surface area (Å²) in [4.78, 5) is 23.8. The number of anilines is 1. The van der Waals surface area contributed by atoms with E-state index in [0.717, 1.165) is 12.1 Å². The van der Waals surface area contributed by atoms with Gasteiger partial charge >= 0.3 is 6.36 Å². The molecule has 150 valence electrons. The zero-order valence-corrected chi connectivity index (χ0v) is 15.2. The second-order valence-corrected chi connectivity index (χ2v) is 5.85. The molecule has 2 aromatic rings. The van der Waals surface area contributed by atoms with Crippen LogP contribution < -0.4 is 20.1 Å². The topological polar surface area (TPSA) is 76.7 Å². The molecule has 1 atom stereocenters. The first-order valence-corrected chi connectivity index (χ1v) is 8.23. The number of methoxy groups -OCH3 is 1. The Labute approximate surface area is 159 Å². The first-order valence-electron chi connectivity index (χ1n) is 8.23. The molecular formula is C19H19F3N2O4. The van der Waals surface area contributed by atoms with Gasteiger partial charge in [0.05, 0.1) is 19.6 Å². The van der Waals surface area contributed by atoms with Crippen molar-refractivity contribution >= 4 is 17.5 Å². The summed E-state index contributed by atoms with van der Waals surface area (Å²) in [6.45, 7) is 1.34. The number of ether oxygens (including phenoxy) is 2. The Morgan fingerprint density at radius 3 is 2.07 bits per heavy atom. The number of hydrogen-bond donors (Lipinski definition) is 2. The second-order valence-electron chi connectivity index (χ2n) is 5.85. The van der Waals surface area contributed by atoms with Crippen LogP contribution >= 0.6 is 0 Å². The van der Waals surface area contributed by atoms with Crippen LogP contribution in [0.2, 0.25) is 0 Å². The van der Waals surface area contributed by atoms with E-state index in [-0.39, 0.29) is 18.1 Å². The predicted molar refractivity (Wildman–Crippen MR) is 95.9 cm³/mol. The van der Waals surface area contributed by atoms with Crippen LogP contribution in [0.3, 0.4) is 0 Å². The second kappa shape index (κ2) is 9.12. The first kappa shape index (κ1) is 21.1. The highest BCUT2D eigenvalue weighted by molar-refractivity contribution is 5.91. The normalized spacial score (nSPS) is 12.0. The standard InChI is InChI=1S/C19H19F3N2O4/c1-12(25)23-17(13-3-7-15(27-2)8-4-13)11-18(26)24-14-5-9-16(10-6-14)28-19(20,21)22/h3-10,17H,11H2,1-2H3,(H,23,25)(H,24,26). The van der Waals surface area contributed by atoms with Gasteiger partial charge < -0.3 is 20.1 Å². The lowest BCUT2D eigenvalue weighted by atomic mass is 10.0. The summed E-state index contributed by atoms with van der Waals surface area (Å²) in [5.41, 5.74) is 1.01. The van der Waals surface area contributed by atoms with E-state index in [1.54, 1.807) is 24.3 Å². The van der Waals surface area contributed by atoms with Crippen LogP contribution in [0, 0.1) is 0 Å². The van der Waals surface area contributed by atoms with Crippen molar-refractivity contribution in [2.24, 2.45) is 0 Å². The molecule has 0 bridgehead atoms. The van der Waals surface area contributed by atoms with Crippen LogP contribution in [0.5, 0.6) is 11.5 Å². The summed E-state index contributed by atoms with van der Waals surface area (Å²) < 4.78 is 45.4. The SMILES string of the molecule is COc1ccc(C(CC(=O)Nc2ccc(OC(F)(F)F)cc2)NC(C)=O)cc1. The number of carbonyl (C=O) groups is 2. The number of rotatable bonds is 7. The van der Waals surface area contributed by atoms with Gasteiger partial charge in [0.1, 0.15) is 11.5 Å². The Hall–Kier alpha value is -3.23. The van der Waals surface area contributed by atoms with Gasteiger partial charge in [0, 0.05) is 12.6 Å². The number of halogens is 3. The molecule has 0 heterocycles. The maximum atomic E-state index is 12.3. The van der Waals surface area contributed by atoms with Gasteiger partial charge in [-0.1, -0.05) is 12.1 Å². The van der Waals surface area contributed by atoms with Crippen LogP contribution in [0.25, 0.3) is 0 Å². The van der Waals surface area contributed by atoms with Gasteiger partial charge in [-0.25, -0.2) is 0 Å². The van der Waals surface area contributed by atoms with Crippen molar-refractivity contribution in [1.82, 2.24) is 5.32 Å². The molecule has 0 saturated carbocycles. The van der Waals surface area contributed by atoms with Crippen molar-refractivity contribution < 1.29 is 32.2 Å². The molecule has 0 aliphatic heterocycles. The molecule has 0 spiro atoms. The largest absolute Gasteiger partial charge is 0.573 e. The number of alkyl halides is 3. The fourth-order valence-electron chi connectivity index (χ4n) is 2.47. The molecule has 2 N–H and O–H groups in total. The van der Waals surface area contributed by atoms with Gasteiger partial charge in [-0.2, -0.15) is 0 Å². The van der Waals surface area contributed by atoms with Crippen molar-refractivity contribution in [2.75, 3.05) is 12.4 Å². The highest BCUT2D eigenvalue weighted by atomic mass is 19.4. The van der Waals surface area contributed by atoms with E-state index in [4.69, 9.17) is 4.74 Å². The highest BCUT2D eigenvalue weighted by Gasteiger charge is 2.31. The van der Waals surface area contributed by atoms with Gasteiger partial charge in [-0.15, -0.1) is 13.2 Å². The lowest BCUT2D eigenvalue weighted by Crippen LogP contribution is -2.29. The highest BCUT2D eigenvalue weighted by Crippen LogP contribution is 2.25. The van der Waals surface area contributed by atoms with Crippen LogP contribution in [-0.2, 0) is 9.59 Å². The zero-order chi connectivity index (χ0) is 20.7. The monoisotopic (exact) mass is 396 g/mol. The minimum atomic E-state index is -4.78. The Morgan fingerprint density at radius 2 is 1.57 bits per heavy atom. The van der Waals surface area contributed by atoms with Crippen molar-refractivity contribution in [1.29, 1.82) is 0 Å². The van der Waals surface area contributed by atoms with E-state index in [2.05, 4.69) is 15.4 Å². The Balaban J connectivity index is 2.03. The molecule has 0 saturated heterocycles. The molecule has 2 rings (SSSR count). The van der Waals surface area contributed by atoms with E-state index >= 15 is 0 Å². The summed E-state index contributed by atoms with van der Waals surface area (Å²) in [5, 5.41) is 5.28. The zero-order valence-electron chi connectivity index (χ0n) is 15.2. The van der Waals surface area contributed by atoms with Crippen molar-refractivity contribution in [2.45, 2.75) is 25.7 Å². The summed E-state index contributed by atoms with van der Waals surface area (Å²) in [6.07, 6.45) is -4.85. The maximum absolute atomic E-state index is 12.3. The number of amides is 2. The fraction of sp³-hybridized carbons (Fsp3) is 0.263. The molecule has 2 aromatic carbocycles. The van der Waals surface area contributed by atoms with E-state index in [9.17, 15) is 22.8 Å². The van der Waals surface area contributed by atoms with Crippen molar-refractivity contribution in [3.8, 4) is 11.5 Å². The minimum absolute atomic E-state index is 0.0628. The van der Waals surface area contributed by atoms with Gasteiger partial charge in [0.15, 0.2) is 0 Å². The predicted octanol–water partition coefficient (Wildman–Crippen LogP) is 3.80. The summed E-state index contributed by atoms with van der Waals surface area (Å²) in [5.74, 6) is -0.475. The van der Waals surface area contributed by atoms with Gasteiger partial charge in [-0.3, -0.25) is 9.59 Å². The number of nitrogens with one attached hydrogen (secondary N) is 2. The quantitative estimate of drug-likeness (QED) is 0.747. The lowest BCUT2D eigenvalue weighted by molar-refractivity contribution is -0.274.